The lowest BCUT2D eigenvalue weighted by atomic mass is 9.94. The number of nitrogens with zero attached hydrogens (tertiary/aromatic N) is 2. The summed E-state index contributed by atoms with van der Waals surface area (Å²) < 4.78 is 3.46. The Kier molecular flexibility index (Phi) is 3.93. The van der Waals surface area contributed by atoms with E-state index in [4.69, 9.17) is 5.73 Å². The number of rotatable bonds is 2. The SMILES string of the molecule is CSC1CCC(n2c(N)nc3cc(I)ccc32)CC1. The van der Waals surface area contributed by atoms with Gasteiger partial charge in [-0.15, -0.1) is 0 Å². The highest BCUT2D eigenvalue weighted by Crippen LogP contribution is 2.36. The summed E-state index contributed by atoms with van der Waals surface area (Å²) in [7, 11) is 0. The fourth-order valence-electron chi connectivity index (χ4n) is 3.01. The van der Waals surface area contributed by atoms with E-state index in [1.165, 1.54) is 34.8 Å². The van der Waals surface area contributed by atoms with E-state index in [9.17, 15) is 0 Å². The van der Waals surface area contributed by atoms with Gasteiger partial charge in [-0.2, -0.15) is 11.8 Å². The number of halogens is 1. The van der Waals surface area contributed by atoms with Gasteiger partial charge in [0.15, 0.2) is 0 Å². The quantitative estimate of drug-likeness (QED) is 0.791. The van der Waals surface area contributed by atoms with E-state index in [2.05, 4.69) is 56.6 Å². The highest BCUT2D eigenvalue weighted by atomic mass is 127. The van der Waals surface area contributed by atoms with E-state index < -0.39 is 0 Å². The molecule has 1 fully saturated rings. The summed E-state index contributed by atoms with van der Waals surface area (Å²) in [5.74, 6) is 0.671. The minimum absolute atomic E-state index is 0.522. The molecule has 0 saturated heterocycles. The fourth-order valence-corrected chi connectivity index (χ4v) is 4.23. The standard InChI is InChI=1S/C14H18IN3S/c1-19-11-5-3-10(4-6-11)18-13-7-2-9(15)8-12(13)17-14(18)16/h2,7-8,10-11H,3-6H2,1H3,(H2,16,17). The minimum atomic E-state index is 0.522. The van der Waals surface area contributed by atoms with Gasteiger partial charge in [-0.05, 0) is 72.7 Å². The van der Waals surface area contributed by atoms with E-state index in [1.54, 1.807) is 0 Å². The second-order valence-corrected chi connectivity index (χ2v) is 7.52. The summed E-state index contributed by atoms with van der Waals surface area (Å²) in [5, 5.41) is 0.827. The van der Waals surface area contributed by atoms with Gasteiger partial charge in [0.05, 0.1) is 11.0 Å². The third kappa shape index (κ3) is 2.59. The van der Waals surface area contributed by atoms with Gasteiger partial charge in [-0.1, -0.05) is 0 Å². The zero-order valence-corrected chi connectivity index (χ0v) is 13.9. The Morgan fingerprint density at radius 2 is 2.05 bits per heavy atom. The highest BCUT2D eigenvalue weighted by Gasteiger charge is 2.24. The van der Waals surface area contributed by atoms with E-state index in [0.717, 1.165) is 10.8 Å². The number of hydrogen-bond acceptors (Lipinski definition) is 3. The molecule has 1 heterocycles. The molecule has 1 aromatic carbocycles. The van der Waals surface area contributed by atoms with Crippen molar-refractivity contribution in [3.05, 3.63) is 21.8 Å². The smallest absolute Gasteiger partial charge is 0.201 e. The molecule has 0 amide bonds. The molecule has 3 nitrogen and oxygen atoms in total. The van der Waals surface area contributed by atoms with Crippen LogP contribution >= 0.6 is 34.4 Å². The Bertz CT molecular complexity index is 588. The maximum atomic E-state index is 6.15. The van der Waals surface area contributed by atoms with Crippen LogP contribution in [-0.2, 0) is 0 Å². The zero-order chi connectivity index (χ0) is 13.4. The van der Waals surface area contributed by atoms with Crippen molar-refractivity contribution >= 4 is 51.3 Å². The van der Waals surface area contributed by atoms with Crippen molar-refractivity contribution in [1.82, 2.24) is 9.55 Å². The second-order valence-electron chi connectivity index (χ2n) is 5.14. The molecule has 5 heteroatoms. The average Bonchev–Trinajstić information content (AvgIpc) is 2.74. The maximum absolute atomic E-state index is 6.15. The fraction of sp³-hybridized carbons (Fsp3) is 0.500. The molecule has 0 atom stereocenters. The molecule has 1 saturated carbocycles. The average molecular weight is 387 g/mol. The molecule has 102 valence electrons. The maximum Gasteiger partial charge on any atom is 0.201 e. The largest absolute Gasteiger partial charge is 0.369 e. The van der Waals surface area contributed by atoms with Crippen LogP contribution in [0.4, 0.5) is 5.95 Å². The highest BCUT2D eigenvalue weighted by molar-refractivity contribution is 14.1. The molecule has 3 rings (SSSR count). The van der Waals surface area contributed by atoms with Crippen LogP contribution < -0.4 is 5.73 Å². The third-order valence-electron chi connectivity index (χ3n) is 4.02. The Morgan fingerprint density at radius 3 is 2.74 bits per heavy atom. The van der Waals surface area contributed by atoms with Crippen LogP contribution in [0.1, 0.15) is 31.7 Å². The summed E-state index contributed by atoms with van der Waals surface area (Å²) in [6, 6.07) is 6.92. The van der Waals surface area contributed by atoms with E-state index in [1.807, 2.05) is 11.8 Å². The Hall–Kier alpha value is -0.430. The van der Waals surface area contributed by atoms with Gasteiger partial charge < -0.3 is 10.3 Å². The molecule has 19 heavy (non-hydrogen) atoms. The lowest BCUT2D eigenvalue weighted by Crippen LogP contribution is -2.20. The van der Waals surface area contributed by atoms with Crippen molar-refractivity contribution in [2.45, 2.75) is 37.0 Å². The number of nitrogens with two attached hydrogens (primary N) is 1. The molecule has 1 aliphatic rings. The first-order chi connectivity index (χ1) is 9.19. The second kappa shape index (κ2) is 5.52. The molecule has 1 aromatic heterocycles. The number of aromatic nitrogens is 2. The van der Waals surface area contributed by atoms with Crippen LogP contribution in [0.3, 0.4) is 0 Å². The topological polar surface area (TPSA) is 43.8 Å². The Balaban J connectivity index is 1.94. The Morgan fingerprint density at radius 1 is 1.32 bits per heavy atom. The predicted octanol–water partition coefficient (Wildman–Crippen LogP) is 4.07. The van der Waals surface area contributed by atoms with E-state index >= 15 is 0 Å². The van der Waals surface area contributed by atoms with Crippen LogP contribution in [0.2, 0.25) is 0 Å². The number of fused-ring (bicyclic) bond motifs is 1. The number of hydrogen-bond donors (Lipinski definition) is 1. The summed E-state index contributed by atoms with van der Waals surface area (Å²) in [6.07, 6.45) is 7.22. The molecule has 0 unspecified atom stereocenters. The molecule has 0 radical (unpaired) electrons. The zero-order valence-electron chi connectivity index (χ0n) is 11.0. The van der Waals surface area contributed by atoms with Gasteiger partial charge in [-0.3, -0.25) is 0 Å². The van der Waals surface area contributed by atoms with E-state index in [-0.39, 0.29) is 0 Å². The number of thioether (sulfide) groups is 1. The molecule has 2 N–H and O–H groups in total. The first-order valence-electron chi connectivity index (χ1n) is 6.65. The summed E-state index contributed by atoms with van der Waals surface area (Å²) in [5.41, 5.74) is 8.36. The van der Waals surface area contributed by atoms with Gasteiger partial charge in [0.2, 0.25) is 5.95 Å². The van der Waals surface area contributed by atoms with Crippen molar-refractivity contribution in [1.29, 1.82) is 0 Å². The van der Waals surface area contributed by atoms with Crippen LogP contribution in [0.15, 0.2) is 18.2 Å². The summed E-state index contributed by atoms with van der Waals surface area (Å²) >= 11 is 4.32. The van der Waals surface area contributed by atoms with Gasteiger partial charge in [0.1, 0.15) is 0 Å². The molecular weight excluding hydrogens is 369 g/mol. The number of benzene rings is 1. The number of nitrogen functional groups attached to an aromatic ring is 1. The lowest BCUT2D eigenvalue weighted by Gasteiger charge is -2.29. The Labute approximate surface area is 131 Å². The van der Waals surface area contributed by atoms with Gasteiger partial charge >= 0.3 is 0 Å². The molecule has 0 bridgehead atoms. The normalized spacial score (nSPS) is 23.9. The molecule has 0 aliphatic heterocycles. The van der Waals surface area contributed by atoms with Crippen molar-refractivity contribution < 1.29 is 0 Å². The van der Waals surface area contributed by atoms with Gasteiger partial charge in [0.25, 0.3) is 0 Å². The molecule has 1 aliphatic carbocycles. The molecule has 2 aromatic rings. The first kappa shape index (κ1) is 13.5. The van der Waals surface area contributed by atoms with Crippen molar-refractivity contribution in [2.75, 3.05) is 12.0 Å². The summed E-state index contributed by atoms with van der Waals surface area (Å²) in [4.78, 5) is 4.52. The third-order valence-corrected chi connectivity index (χ3v) is 5.83. The first-order valence-corrected chi connectivity index (χ1v) is 9.01. The van der Waals surface area contributed by atoms with Crippen molar-refractivity contribution in [3.8, 4) is 0 Å². The van der Waals surface area contributed by atoms with Crippen molar-refractivity contribution in [3.63, 3.8) is 0 Å². The summed E-state index contributed by atoms with van der Waals surface area (Å²) in [6.45, 7) is 0. The number of anilines is 1. The molecule has 0 spiro atoms. The van der Waals surface area contributed by atoms with Crippen LogP contribution in [0.5, 0.6) is 0 Å². The number of imidazole rings is 1. The lowest BCUT2D eigenvalue weighted by molar-refractivity contribution is 0.370. The van der Waals surface area contributed by atoms with Gasteiger partial charge in [-0.25, -0.2) is 4.98 Å². The van der Waals surface area contributed by atoms with Crippen LogP contribution in [-0.4, -0.2) is 21.1 Å². The molecular formula is C14H18IN3S. The predicted molar refractivity (Wildman–Crippen MR) is 91.7 cm³/mol. The minimum Gasteiger partial charge on any atom is -0.369 e. The monoisotopic (exact) mass is 387 g/mol. The van der Waals surface area contributed by atoms with Crippen LogP contribution in [0, 0.1) is 3.57 Å². The van der Waals surface area contributed by atoms with E-state index in [0.29, 0.717) is 12.0 Å². The van der Waals surface area contributed by atoms with Gasteiger partial charge in [0, 0.05) is 14.9 Å². The van der Waals surface area contributed by atoms with Crippen molar-refractivity contribution in [2.24, 2.45) is 0 Å². The van der Waals surface area contributed by atoms with Crippen LogP contribution in [0.25, 0.3) is 11.0 Å².